The Morgan fingerprint density at radius 1 is 1.35 bits per heavy atom. The predicted molar refractivity (Wildman–Crippen MR) is 65.2 cm³/mol. The van der Waals surface area contributed by atoms with Crippen LogP contribution >= 0.6 is 0 Å². The Labute approximate surface area is 101 Å². The third-order valence-electron chi connectivity index (χ3n) is 3.79. The van der Waals surface area contributed by atoms with E-state index in [4.69, 9.17) is 5.11 Å². The van der Waals surface area contributed by atoms with Gasteiger partial charge in [-0.25, -0.2) is 0 Å². The van der Waals surface area contributed by atoms with Crippen LogP contribution in [0.25, 0.3) is 0 Å². The first-order chi connectivity index (χ1) is 7.99. The highest BCUT2D eigenvalue weighted by Crippen LogP contribution is 2.39. The van der Waals surface area contributed by atoms with E-state index in [2.05, 4.69) is 0 Å². The summed E-state index contributed by atoms with van der Waals surface area (Å²) in [6, 6.07) is 1.85. The summed E-state index contributed by atoms with van der Waals surface area (Å²) < 4.78 is 0. The first-order valence-corrected chi connectivity index (χ1v) is 5.95. The number of hydrogen-bond acceptors (Lipinski definition) is 3. The number of carbonyl (C=O) groups is 1. The Hall–Kier alpha value is -1.19. The Morgan fingerprint density at radius 2 is 2.00 bits per heavy atom. The van der Waals surface area contributed by atoms with Gasteiger partial charge in [-0.05, 0) is 48.6 Å². The highest BCUT2D eigenvalue weighted by molar-refractivity contribution is 6.03. The smallest absolute Gasteiger partial charge is 0.168 e. The zero-order chi connectivity index (χ0) is 12.7. The lowest BCUT2D eigenvalue weighted by Gasteiger charge is -2.15. The van der Waals surface area contributed by atoms with Crippen molar-refractivity contribution >= 4 is 5.78 Å². The molecule has 0 saturated heterocycles. The molecule has 0 aromatic heterocycles. The van der Waals surface area contributed by atoms with Crippen molar-refractivity contribution in [3.8, 4) is 0 Å². The van der Waals surface area contributed by atoms with Gasteiger partial charge in [0, 0.05) is 18.1 Å². The van der Waals surface area contributed by atoms with E-state index in [9.17, 15) is 9.90 Å². The number of Topliss-reactive ketones (excluding diaryl/α,β-unsaturated/α-hetero) is 1. The molecule has 0 bridgehead atoms. The second-order valence-electron chi connectivity index (χ2n) is 4.83. The molecular weight excluding hydrogens is 216 g/mol. The van der Waals surface area contributed by atoms with Crippen molar-refractivity contribution in [1.29, 1.82) is 0 Å². The van der Waals surface area contributed by atoms with Gasteiger partial charge in [-0.3, -0.25) is 4.79 Å². The number of benzene rings is 1. The molecular formula is C14H18O3. The van der Waals surface area contributed by atoms with Crippen molar-refractivity contribution < 1.29 is 15.0 Å². The predicted octanol–water partition coefficient (Wildman–Crippen LogP) is 1.70. The van der Waals surface area contributed by atoms with E-state index < -0.39 is 6.10 Å². The number of ketones is 1. The maximum absolute atomic E-state index is 12.0. The number of rotatable bonds is 2. The number of fused-ring (bicyclic) bond motifs is 1. The van der Waals surface area contributed by atoms with Crippen LogP contribution in [-0.2, 0) is 6.42 Å². The molecule has 0 fully saturated rings. The summed E-state index contributed by atoms with van der Waals surface area (Å²) in [4.78, 5) is 12.0. The Morgan fingerprint density at radius 3 is 2.59 bits per heavy atom. The van der Waals surface area contributed by atoms with Crippen LogP contribution in [0.1, 0.15) is 45.6 Å². The van der Waals surface area contributed by atoms with Crippen LogP contribution in [0.3, 0.4) is 0 Å². The largest absolute Gasteiger partial charge is 0.396 e. The maximum atomic E-state index is 12.0. The van der Waals surface area contributed by atoms with Crippen molar-refractivity contribution in [1.82, 2.24) is 0 Å². The SMILES string of the molecule is Cc1cc2c(c(C)c1CCO)C(O)C(C)C2=O. The van der Waals surface area contributed by atoms with Gasteiger partial charge in [-0.1, -0.05) is 6.92 Å². The van der Waals surface area contributed by atoms with E-state index in [-0.39, 0.29) is 18.3 Å². The van der Waals surface area contributed by atoms with Gasteiger partial charge in [-0.15, -0.1) is 0 Å². The van der Waals surface area contributed by atoms with E-state index in [1.165, 1.54) is 0 Å². The Balaban J connectivity index is 2.64. The molecule has 0 radical (unpaired) electrons. The van der Waals surface area contributed by atoms with Gasteiger partial charge in [0.05, 0.1) is 6.10 Å². The molecule has 0 amide bonds. The third-order valence-corrected chi connectivity index (χ3v) is 3.79. The van der Waals surface area contributed by atoms with Crippen LogP contribution in [0.5, 0.6) is 0 Å². The number of carbonyl (C=O) groups excluding carboxylic acids is 1. The second-order valence-corrected chi connectivity index (χ2v) is 4.83. The molecule has 2 atom stereocenters. The molecule has 92 valence electrons. The summed E-state index contributed by atoms with van der Waals surface area (Å²) in [5, 5.41) is 19.2. The number of aryl methyl sites for hydroxylation is 1. The molecule has 17 heavy (non-hydrogen) atoms. The highest BCUT2D eigenvalue weighted by atomic mass is 16.3. The lowest BCUT2D eigenvalue weighted by molar-refractivity contribution is 0.0789. The molecule has 2 unspecified atom stereocenters. The average molecular weight is 234 g/mol. The number of hydrogen-bond donors (Lipinski definition) is 2. The molecule has 1 aliphatic carbocycles. The van der Waals surface area contributed by atoms with Gasteiger partial charge in [0.15, 0.2) is 5.78 Å². The topological polar surface area (TPSA) is 57.5 Å². The summed E-state index contributed by atoms with van der Waals surface area (Å²) in [5.74, 6) is -0.332. The van der Waals surface area contributed by atoms with E-state index >= 15 is 0 Å². The molecule has 0 saturated carbocycles. The van der Waals surface area contributed by atoms with Crippen LogP contribution in [0.15, 0.2) is 6.07 Å². The van der Waals surface area contributed by atoms with Crippen molar-refractivity contribution in [3.63, 3.8) is 0 Å². The van der Waals surface area contributed by atoms with Crippen LogP contribution in [0.2, 0.25) is 0 Å². The van der Waals surface area contributed by atoms with Gasteiger partial charge in [0.1, 0.15) is 0 Å². The Bertz CT molecular complexity index is 477. The van der Waals surface area contributed by atoms with Crippen molar-refractivity contribution in [3.05, 3.63) is 33.9 Å². The van der Waals surface area contributed by atoms with Gasteiger partial charge in [0.25, 0.3) is 0 Å². The molecule has 3 nitrogen and oxygen atoms in total. The van der Waals surface area contributed by atoms with Gasteiger partial charge >= 0.3 is 0 Å². The first-order valence-electron chi connectivity index (χ1n) is 5.95. The van der Waals surface area contributed by atoms with E-state index in [0.29, 0.717) is 12.0 Å². The molecule has 2 N–H and O–H groups in total. The molecule has 2 rings (SSSR count). The number of aliphatic hydroxyl groups is 2. The lowest BCUT2D eigenvalue weighted by atomic mass is 9.92. The minimum atomic E-state index is -0.699. The van der Waals surface area contributed by atoms with Crippen molar-refractivity contribution in [2.75, 3.05) is 6.61 Å². The summed E-state index contributed by atoms with van der Waals surface area (Å²) in [7, 11) is 0. The van der Waals surface area contributed by atoms with Crippen LogP contribution in [-0.4, -0.2) is 22.6 Å². The van der Waals surface area contributed by atoms with Crippen molar-refractivity contribution in [2.24, 2.45) is 5.92 Å². The molecule has 3 heteroatoms. The van der Waals surface area contributed by atoms with Crippen LogP contribution in [0.4, 0.5) is 0 Å². The molecule has 1 aromatic rings. The molecule has 1 aromatic carbocycles. The first kappa shape index (κ1) is 12.3. The standard InChI is InChI=1S/C14H18O3/c1-7-6-11-12(8(2)10(7)4-5-15)14(17)9(3)13(11)16/h6,9,14-15,17H,4-5H2,1-3H3. The monoisotopic (exact) mass is 234 g/mol. The zero-order valence-electron chi connectivity index (χ0n) is 10.4. The highest BCUT2D eigenvalue weighted by Gasteiger charge is 2.37. The molecule has 0 aliphatic heterocycles. The normalized spacial score (nSPS) is 23.0. The lowest BCUT2D eigenvalue weighted by Crippen LogP contribution is -2.08. The van der Waals surface area contributed by atoms with E-state index in [1.807, 2.05) is 19.9 Å². The van der Waals surface area contributed by atoms with Gasteiger partial charge in [-0.2, -0.15) is 0 Å². The third kappa shape index (κ3) is 1.70. The van der Waals surface area contributed by atoms with Crippen LogP contribution in [0, 0.1) is 19.8 Å². The van der Waals surface area contributed by atoms with Gasteiger partial charge < -0.3 is 10.2 Å². The zero-order valence-corrected chi connectivity index (χ0v) is 10.4. The maximum Gasteiger partial charge on any atom is 0.168 e. The van der Waals surface area contributed by atoms with Crippen molar-refractivity contribution in [2.45, 2.75) is 33.3 Å². The minimum absolute atomic E-state index is 0.0225. The van der Waals surface area contributed by atoms with E-state index in [1.54, 1.807) is 6.92 Å². The average Bonchev–Trinajstić information content (AvgIpc) is 2.50. The minimum Gasteiger partial charge on any atom is -0.396 e. The quantitative estimate of drug-likeness (QED) is 0.819. The van der Waals surface area contributed by atoms with Gasteiger partial charge in [0.2, 0.25) is 0 Å². The fourth-order valence-corrected chi connectivity index (χ4v) is 2.76. The summed E-state index contributed by atoms with van der Waals surface area (Å²) >= 11 is 0. The second kappa shape index (κ2) is 4.24. The van der Waals surface area contributed by atoms with Crippen LogP contribution < -0.4 is 0 Å². The molecule has 0 spiro atoms. The number of aliphatic hydroxyl groups excluding tert-OH is 2. The molecule has 1 aliphatic rings. The fraction of sp³-hybridized carbons (Fsp3) is 0.500. The Kier molecular flexibility index (Phi) is 3.06. The molecule has 0 heterocycles. The summed E-state index contributed by atoms with van der Waals surface area (Å²) in [6.07, 6.45) is -0.129. The summed E-state index contributed by atoms with van der Waals surface area (Å²) in [6.45, 7) is 5.71. The van der Waals surface area contributed by atoms with E-state index in [0.717, 1.165) is 22.3 Å². The summed E-state index contributed by atoms with van der Waals surface area (Å²) in [5.41, 5.74) is 4.44. The fourth-order valence-electron chi connectivity index (χ4n) is 2.76.